The Labute approximate surface area is 187 Å². The number of benzene rings is 2. The second kappa shape index (κ2) is 9.11. The molecule has 0 fully saturated rings. The lowest BCUT2D eigenvalue weighted by molar-refractivity contribution is -0.0964. The van der Waals surface area contributed by atoms with E-state index in [2.05, 4.69) is 20.0 Å². The third-order valence-electron chi connectivity index (χ3n) is 4.52. The Balaban J connectivity index is 1.62. The minimum absolute atomic E-state index is 0.129. The lowest BCUT2D eigenvalue weighted by Gasteiger charge is -2.13. The highest BCUT2D eigenvalue weighted by Gasteiger charge is 2.27. The number of hydrogen-bond acceptors (Lipinski definition) is 4. The van der Waals surface area contributed by atoms with Gasteiger partial charge in [0.15, 0.2) is 0 Å². The number of aromatic nitrogens is 2. The van der Waals surface area contributed by atoms with Gasteiger partial charge in [0.25, 0.3) is 5.91 Å². The predicted octanol–water partition coefficient (Wildman–Crippen LogP) is 6.23. The van der Waals surface area contributed by atoms with Crippen molar-refractivity contribution in [1.29, 1.82) is 0 Å². The van der Waals surface area contributed by atoms with E-state index in [1.54, 1.807) is 18.5 Å². The zero-order chi connectivity index (χ0) is 22.6. The number of carbonyl (C=O) groups is 1. The van der Waals surface area contributed by atoms with Gasteiger partial charge in [0.05, 0.1) is 11.3 Å². The van der Waals surface area contributed by atoms with Crippen molar-refractivity contribution in [3.05, 3.63) is 97.0 Å². The topological polar surface area (TPSA) is 64.1 Å². The highest BCUT2D eigenvalue weighted by Crippen LogP contribution is 2.31. The number of amides is 1. The van der Waals surface area contributed by atoms with Gasteiger partial charge >= 0.3 is 5.57 Å². The molecule has 2 aromatic carbocycles. The first kappa shape index (κ1) is 21.4. The summed E-state index contributed by atoms with van der Waals surface area (Å²) in [6, 6.07) is 20.5. The Bertz CT molecular complexity index is 1220. The van der Waals surface area contributed by atoms with Gasteiger partial charge < -0.3 is 10.1 Å². The minimum Gasteiger partial charge on any atom is -0.420 e. The molecular formula is C24H16ClF2N3O2. The summed E-state index contributed by atoms with van der Waals surface area (Å²) in [7, 11) is 0. The maximum atomic E-state index is 12.8. The highest BCUT2D eigenvalue weighted by molar-refractivity contribution is 6.20. The summed E-state index contributed by atoms with van der Waals surface area (Å²) < 4.78 is 29.7. The molecule has 0 spiro atoms. The first-order valence-corrected chi connectivity index (χ1v) is 9.90. The quantitative estimate of drug-likeness (QED) is 0.353. The van der Waals surface area contributed by atoms with Crippen LogP contribution in [0.15, 0.2) is 91.4 Å². The van der Waals surface area contributed by atoms with Crippen molar-refractivity contribution < 1.29 is 18.3 Å². The zero-order valence-corrected chi connectivity index (χ0v) is 17.3. The van der Waals surface area contributed by atoms with Crippen molar-refractivity contribution in [2.75, 3.05) is 5.32 Å². The third-order valence-corrected chi connectivity index (χ3v) is 4.59. The summed E-state index contributed by atoms with van der Waals surface area (Å²) >= 11 is 4.76. The van der Waals surface area contributed by atoms with Gasteiger partial charge in [0, 0.05) is 52.6 Å². The molecule has 0 saturated heterocycles. The molecule has 160 valence electrons. The van der Waals surface area contributed by atoms with Crippen LogP contribution in [-0.4, -0.2) is 21.4 Å². The van der Waals surface area contributed by atoms with E-state index in [1.807, 2.05) is 42.5 Å². The van der Waals surface area contributed by atoms with E-state index < -0.39 is 11.5 Å². The molecule has 0 aliphatic rings. The fourth-order valence-corrected chi connectivity index (χ4v) is 3.19. The second-order valence-electron chi connectivity index (χ2n) is 6.75. The Morgan fingerprint density at radius 1 is 0.938 bits per heavy atom. The van der Waals surface area contributed by atoms with Gasteiger partial charge in [0.2, 0.25) is 0 Å². The van der Waals surface area contributed by atoms with Crippen molar-refractivity contribution in [2.24, 2.45) is 0 Å². The maximum Gasteiger partial charge on any atom is 0.487 e. The van der Waals surface area contributed by atoms with E-state index >= 15 is 0 Å². The Kier molecular flexibility index (Phi) is 6.09. The van der Waals surface area contributed by atoms with Crippen LogP contribution in [0.1, 0.15) is 10.4 Å². The van der Waals surface area contributed by atoms with E-state index in [-0.39, 0.29) is 5.75 Å². The molecule has 0 atom stereocenters. The van der Waals surface area contributed by atoms with Crippen LogP contribution in [-0.2, 0) is 0 Å². The third kappa shape index (κ3) is 5.25. The van der Waals surface area contributed by atoms with Crippen molar-refractivity contribution in [1.82, 2.24) is 9.97 Å². The Hall–Kier alpha value is -3.84. The van der Waals surface area contributed by atoms with E-state index in [9.17, 15) is 13.6 Å². The van der Waals surface area contributed by atoms with Crippen LogP contribution in [0.4, 0.5) is 14.5 Å². The number of rotatable bonds is 6. The summed E-state index contributed by atoms with van der Waals surface area (Å²) in [5.74, 6) is -0.533. The molecule has 0 bridgehead atoms. The largest absolute Gasteiger partial charge is 0.487 e. The fourth-order valence-electron chi connectivity index (χ4n) is 3.10. The number of anilines is 1. The average molecular weight is 452 g/mol. The first-order chi connectivity index (χ1) is 15.4. The Morgan fingerprint density at radius 2 is 1.66 bits per heavy atom. The lowest BCUT2D eigenvalue weighted by Crippen LogP contribution is -2.16. The van der Waals surface area contributed by atoms with Crippen molar-refractivity contribution >= 4 is 23.2 Å². The molecule has 0 unspecified atom stereocenters. The molecule has 8 heteroatoms. The highest BCUT2D eigenvalue weighted by atomic mass is 35.5. The van der Waals surface area contributed by atoms with Crippen molar-refractivity contribution in [3.8, 4) is 28.1 Å². The number of carbonyl (C=O) groups excluding carboxylic acids is 1. The molecule has 1 N–H and O–H groups in total. The molecular weight excluding hydrogens is 436 g/mol. The summed E-state index contributed by atoms with van der Waals surface area (Å²) in [5, 5.41) is 2.72. The molecule has 32 heavy (non-hydrogen) atoms. The van der Waals surface area contributed by atoms with Crippen LogP contribution < -0.4 is 10.1 Å². The monoisotopic (exact) mass is 451 g/mol. The predicted molar refractivity (Wildman–Crippen MR) is 119 cm³/mol. The van der Waals surface area contributed by atoms with Crippen molar-refractivity contribution in [2.45, 2.75) is 5.57 Å². The van der Waals surface area contributed by atoms with Crippen LogP contribution in [0.5, 0.6) is 5.75 Å². The fraction of sp³-hybridized carbons (Fsp3) is 0.0417. The van der Waals surface area contributed by atoms with E-state index in [4.69, 9.17) is 11.6 Å². The maximum absolute atomic E-state index is 12.8. The number of halogens is 3. The lowest BCUT2D eigenvalue weighted by atomic mass is 9.99. The van der Waals surface area contributed by atoms with Gasteiger partial charge in [-0.15, -0.1) is 8.78 Å². The molecule has 5 nitrogen and oxygen atoms in total. The van der Waals surface area contributed by atoms with Gasteiger partial charge in [-0.3, -0.25) is 14.8 Å². The average Bonchev–Trinajstić information content (AvgIpc) is 2.80. The van der Waals surface area contributed by atoms with E-state index in [0.29, 0.717) is 11.3 Å². The van der Waals surface area contributed by atoms with E-state index in [1.165, 1.54) is 30.5 Å². The van der Waals surface area contributed by atoms with Gasteiger partial charge in [0.1, 0.15) is 5.75 Å². The van der Waals surface area contributed by atoms with Crippen LogP contribution in [0.2, 0.25) is 0 Å². The molecule has 0 aliphatic heterocycles. The molecule has 0 saturated carbocycles. The minimum atomic E-state index is -3.81. The molecule has 0 aliphatic carbocycles. The second-order valence-corrected chi connectivity index (χ2v) is 7.19. The van der Waals surface area contributed by atoms with Crippen LogP contribution in [0.25, 0.3) is 22.4 Å². The standard InChI is InChI=1S/C24H16ClF2N3O2/c25-24(26,27)32-20-10-8-19(9-11-20)30-23(31)18-13-21(17-7-4-12-28-14-17)22(29-15-18)16-5-2-1-3-6-16/h1-15H,(H,30,31). The van der Waals surface area contributed by atoms with E-state index in [0.717, 1.165) is 22.4 Å². The van der Waals surface area contributed by atoms with Crippen molar-refractivity contribution in [3.63, 3.8) is 0 Å². The summed E-state index contributed by atoms with van der Waals surface area (Å²) in [5.41, 5.74) is 0.122. The first-order valence-electron chi connectivity index (χ1n) is 9.52. The number of nitrogens with zero attached hydrogens (tertiary/aromatic N) is 2. The number of hydrogen-bond donors (Lipinski definition) is 1. The number of ether oxygens (including phenoxy) is 1. The zero-order valence-electron chi connectivity index (χ0n) is 16.5. The molecule has 1 amide bonds. The summed E-state index contributed by atoms with van der Waals surface area (Å²) in [6.07, 6.45) is 4.86. The van der Waals surface area contributed by atoms with Crippen LogP contribution >= 0.6 is 11.6 Å². The van der Waals surface area contributed by atoms with Gasteiger partial charge in [-0.05, 0) is 36.4 Å². The van der Waals surface area contributed by atoms with Gasteiger partial charge in [-0.25, -0.2) is 0 Å². The number of nitrogens with one attached hydrogen (secondary N) is 1. The SMILES string of the molecule is O=C(Nc1ccc(OC(F)(F)Cl)cc1)c1cnc(-c2ccccc2)c(-c2cccnc2)c1. The number of alkyl halides is 3. The molecule has 4 aromatic rings. The number of pyridine rings is 2. The molecule has 2 aromatic heterocycles. The summed E-state index contributed by atoms with van der Waals surface area (Å²) in [6.45, 7) is 0. The van der Waals surface area contributed by atoms with Crippen LogP contribution in [0.3, 0.4) is 0 Å². The molecule has 0 radical (unpaired) electrons. The van der Waals surface area contributed by atoms with Crippen LogP contribution in [0, 0.1) is 0 Å². The van der Waals surface area contributed by atoms with Gasteiger partial charge in [-0.2, -0.15) is 0 Å². The molecule has 4 rings (SSSR count). The van der Waals surface area contributed by atoms with Gasteiger partial charge in [-0.1, -0.05) is 36.4 Å². The summed E-state index contributed by atoms with van der Waals surface area (Å²) in [4.78, 5) is 21.5. The smallest absolute Gasteiger partial charge is 0.420 e. The Morgan fingerprint density at radius 3 is 2.31 bits per heavy atom. The molecule has 2 heterocycles. The normalized spacial score (nSPS) is 11.1.